The summed E-state index contributed by atoms with van der Waals surface area (Å²) in [4.78, 5) is 11.1. The maximum absolute atomic E-state index is 16.8. The fraction of sp³-hybridized carbons (Fsp3) is 0.233. The average Bonchev–Trinajstić information content (AvgIpc) is 3.35. The Hall–Kier alpha value is -4.27. The molecular formula is C30H31BF2N4O2. The van der Waals surface area contributed by atoms with Gasteiger partial charge in [0.15, 0.2) is 11.4 Å². The third-order valence-corrected chi connectivity index (χ3v) is 7.84. The van der Waals surface area contributed by atoms with E-state index in [9.17, 15) is 4.79 Å². The average molecular weight is 528 g/mol. The number of nitrogens with zero attached hydrogens (tertiary/aromatic N) is 3. The lowest BCUT2D eigenvalue weighted by Crippen LogP contribution is -2.52. The van der Waals surface area contributed by atoms with Gasteiger partial charge < -0.3 is 22.7 Å². The largest absolute Gasteiger partial charge is 0.737 e. The maximum atomic E-state index is 16.8. The number of carboxylic acids is 1. The predicted octanol–water partition coefficient (Wildman–Crippen LogP) is 6.65. The Labute approximate surface area is 226 Å². The highest BCUT2D eigenvalue weighted by Crippen LogP contribution is 2.46. The molecule has 39 heavy (non-hydrogen) atoms. The monoisotopic (exact) mass is 528 g/mol. The van der Waals surface area contributed by atoms with Crippen molar-refractivity contribution in [1.82, 2.24) is 4.48 Å². The van der Waals surface area contributed by atoms with Gasteiger partial charge in [-0.2, -0.15) is 5.10 Å². The molecule has 2 aromatic carbocycles. The first-order chi connectivity index (χ1) is 18.6. The van der Waals surface area contributed by atoms with Crippen molar-refractivity contribution in [3.05, 3.63) is 105 Å². The second kappa shape index (κ2) is 9.80. The molecule has 0 radical (unpaired) electrons. The molecule has 200 valence electrons. The molecule has 3 heterocycles. The van der Waals surface area contributed by atoms with Crippen LogP contribution in [0.15, 0.2) is 76.5 Å². The van der Waals surface area contributed by atoms with Gasteiger partial charge in [-0.3, -0.25) is 5.43 Å². The van der Waals surface area contributed by atoms with Crippen LogP contribution in [0.1, 0.15) is 65.6 Å². The number of aromatic carboxylic acids is 1. The van der Waals surface area contributed by atoms with Crippen LogP contribution in [0.2, 0.25) is 0 Å². The molecular weight excluding hydrogens is 497 g/mol. The van der Waals surface area contributed by atoms with E-state index in [0.717, 1.165) is 33.4 Å². The lowest BCUT2D eigenvalue weighted by molar-refractivity contribution is -0.361. The van der Waals surface area contributed by atoms with Gasteiger partial charge in [-0.05, 0) is 80.3 Å². The van der Waals surface area contributed by atoms with Crippen molar-refractivity contribution in [2.24, 2.45) is 5.10 Å². The summed E-state index contributed by atoms with van der Waals surface area (Å²) in [6.45, 7) is 5.38. The quantitative estimate of drug-likeness (QED) is 0.205. The second-order valence-electron chi connectivity index (χ2n) is 9.90. The van der Waals surface area contributed by atoms with Crippen LogP contribution in [0.25, 0.3) is 5.57 Å². The normalized spacial score (nSPS) is 16.3. The molecule has 9 heteroatoms. The van der Waals surface area contributed by atoms with Crippen molar-refractivity contribution in [3.63, 3.8) is 0 Å². The number of allylic oxidation sites excluding steroid dienone is 2. The predicted molar refractivity (Wildman–Crippen MR) is 153 cm³/mol. The van der Waals surface area contributed by atoms with Gasteiger partial charge in [0.2, 0.25) is 0 Å². The van der Waals surface area contributed by atoms with Crippen molar-refractivity contribution in [1.29, 1.82) is 0 Å². The molecule has 0 amide bonds. The molecule has 3 aromatic rings. The molecule has 0 saturated carbocycles. The van der Waals surface area contributed by atoms with Crippen LogP contribution in [0.3, 0.4) is 0 Å². The van der Waals surface area contributed by atoms with Crippen LogP contribution in [-0.4, -0.2) is 38.9 Å². The number of benzene rings is 2. The van der Waals surface area contributed by atoms with Gasteiger partial charge in [0, 0.05) is 16.8 Å². The Morgan fingerprint density at radius 3 is 2.31 bits per heavy atom. The Bertz CT molecular complexity index is 1610. The second-order valence-corrected chi connectivity index (χ2v) is 9.90. The van der Waals surface area contributed by atoms with Crippen molar-refractivity contribution in [3.8, 4) is 0 Å². The Kier molecular flexibility index (Phi) is 6.62. The summed E-state index contributed by atoms with van der Waals surface area (Å²) in [5.74, 6) is -1.02. The van der Waals surface area contributed by atoms with Crippen molar-refractivity contribution >= 4 is 36.1 Å². The Morgan fingerprint density at radius 1 is 1.05 bits per heavy atom. The number of carbonyl (C=O) groups is 1. The molecule has 0 fully saturated rings. The first kappa shape index (κ1) is 26.3. The van der Waals surface area contributed by atoms with E-state index in [4.69, 9.17) is 5.11 Å². The molecule has 2 N–H and O–H groups in total. The molecule has 0 atom stereocenters. The molecule has 2 aliphatic heterocycles. The van der Waals surface area contributed by atoms with Gasteiger partial charge in [-0.15, -0.1) is 0 Å². The lowest BCUT2D eigenvalue weighted by atomic mass is 9.83. The summed E-state index contributed by atoms with van der Waals surface area (Å²) in [6, 6.07) is 15.8. The summed E-state index contributed by atoms with van der Waals surface area (Å²) >= 11 is 0. The first-order valence-electron chi connectivity index (χ1n) is 13.1. The SMILES string of the molecule is CCC1=C(C)C2=C(c3ccccc3)c3c(C)c(CC)c(C)n3[B-](F)(F)[N+]2=C1/C=N/Nc1ccc(C(=O)O)cc1. The molecule has 0 bridgehead atoms. The fourth-order valence-corrected chi connectivity index (χ4v) is 6.09. The van der Waals surface area contributed by atoms with Crippen molar-refractivity contribution in [2.75, 3.05) is 5.43 Å². The number of carboxylic acid groups (broad SMARTS) is 1. The van der Waals surface area contributed by atoms with Gasteiger partial charge in [0.1, 0.15) is 6.21 Å². The number of fused-ring (bicyclic) bond motifs is 2. The molecule has 1 aromatic heterocycles. The van der Waals surface area contributed by atoms with Crippen LogP contribution >= 0.6 is 0 Å². The van der Waals surface area contributed by atoms with Crippen LogP contribution in [0, 0.1) is 13.8 Å². The summed E-state index contributed by atoms with van der Waals surface area (Å²) in [5.41, 5.74) is 10.7. The zero-order valence-electron chi connectivity index (χ0n) is 22.7. The summed E-state index contributed by atoms with van der Waals surface area (Å²) in [5, 5.41) is 13.4. The van der Waals surface area contributed by atoms with E-state index >= 15 is 8.63 Å². The van der Waals surface area contributed by atoms with Gasteiger partial charge in [-0.1, -0.05) is 44.2 Å². The summed E-state index contributed by atoms with van der Waals surface area (Å²) in [6.07, 6.45) is 2.68. The number of hydrazone groups is 1. The Balaban J connectivity index is 1.74. The number of aromatic nitrogens is 1. The third-order valence-electron chi connectivity index (χ3n) is 7.84. The fourth-order valence-electron chi connectivity index (χ4n) is 6.09. The van der Waals surface area contributed by atoms with Crippen LogP contribution in [0.5, 0.6) is 0 Å². The maximum Gasteiger partial charge on any atom is 0.737 e. The van der Waals surface area contributed by atoms with E-state index in [1.165, 1.54) is 27.3 Å². The zero-order chi connectivity index (χ0) is 28.1. The highest BCUT2D eigenvalue weighted by molar-refractivity contribution is 6.60. The number of rotatable bonds is 7. The molecule has 0 unspecified atom stereocenters. The van der Waals surface area contributed by atoms with Crippen LogP contribution < -0.4 is 5.43 Å². The summed E-state index contributed by atoms with van der Waals surface area (Å²) < 4.78 is 36.0. The van der Waals surface area contributed by atoms with Crippen LogP contribution in [0.4, 0.5) is 14.3 Å². The van der Waals surface area contributed by atoms with E-state index in [2.05, 4.69) is 10.5 Å². The molecule has 5 rings (SSSR count). The third kappa shape index (κ3) is 4.04. The topological polar surface area (TPSA) is 69.6 Å². The van der Waals surface area contributed by atoms with Gasteiger partial charge in [-0.25, -0.2) is 4.79 Å². The number of nitrogens with one attached hydrogen (secondary N) is 1. The minimum atomic E-state index is -4.22. The number of hydrogen-bond acceptors (Lipinski definition) is 3. The van der Waals surface area contributed by atoms with E-state index in [1.54, 1.807) is 19.1 Å². The minimum Gasteiger partial charge on any atom is -0.478 e. The minimum absolute atomic E-state index is 0.153. The standard InChI is InChI=1S/C30H31BF2N4O2/c1-6-24-18(3)28-27(21-11-9-8-10-12-21)29-19(4)25(7-2)26(37(29)31(32,33)36(28)20(24)5)17-34-35-23-15-13-22(14-16-23)30(38)39/h8-17,35H,6-7H2,1-5H3,(H,38,39)/b34-17+. The smallest absolute Gasteiger partial charge is 0.478 e. The van der Waals surface area contributed by atoms with E-state index in [-0.39, 0.29) is 5.56 Å². The molecule has 0 spiro atoms. The van der Waals surface area contributed by atoms with Gasteiger partial charge in [0.05, 0.1) is 16.8 Å². The highest BCUT2D eigenvalue weighted by atomic mass is 19.2. The van der Waals surface area contributed by atoms with E-state index < -0.39 is 12.9 Å². The molecule has 0 saturated heterocycles. The zero-order valence-corrected chi connectivity index (χ0v) is 22.7. The van der Waals surface area contributed by atoms with Crippen molar-refractivity contribution < 1.29 is 23.0 Å². The number of anilines is 1. The molecule has 6 nitrogen and oxygen atoms in total. The first-order valence-corrected chi connectivity index (χ1v) is 13.1. The highest BCUT2D eigenvalue weighted by Gasteiger charge is 2.57. The van der Waals surface area contributed by atoms with E-state index in [0.29, 0.717) is 41.3 Å². The summed E-state index contributed by atoms with van der Waals surface area (Å²) in [7, 11) is 0. The van der Waals surface area contributed by atoms with Crippen molar-refractivity contribution in [2.45, 2.75) is 47.5 Å². The van der Waals surface area contributed by atoms with Crippen LogP contribution in [-0.2, 0) is 6.42 Å². The number of halogens is 2. The Morgan fingerprint density at radius 2 is 1.72 bits per heavy atom. The lowest BCUT2D eigenvalue weighted by Gasteiger charge is -2.34. The molecule has 0 aliphatic carbocycles. The van der Waals surface area contributed by atoms with Gasteiger partial charge >= 0.3 is 12.9 Å². The van der Waals surface area contributed by atoms with Gasteiger partial charge in [0.25, 0.3) is 0 Å². The number of hydrogen-bond donors (Lipinski definition) is 2. The van der Waals surface area contributed by atoms with E-state index in [1.807, 2.05) is 58.0 Å². The molecule has 2 aliphatic rings.